The first-order valence-electron chi connectivity index (χ1n) is 6.32. The van der Waals surface area contributed by atoms with Crippen LogP contribution in [0.25, 0.3) is 0 Å². The lowest BCUT2D eigenvalue weighted by Crippen LogP contribution is -2.32. The molecule has 2 unspecified atom stereocenters. The SMILES string of the molecule is NC(=O)c1cccnc1NC1CCCC(C(=O)O)C1. The second-order valence-corrected chi connectivity index (χ2v) is 4.81. The third-order valence-electron chi connectivity index (χ3n) is 3.44. The van der Waals surface area contributed by atoms with Crippen molar-refractivity contribution in [2.75, 3.05) is 5.32 Å². The number of nitrogens with zero attached hydrogens (tertiary/aromatic N) is 1. The highest BCUT2D eigenvalue weighted by atomic mass is 16.4. The van der Waals surface area contributed by atoms with Crippen molar-refractivity contribution in [3.8, 4) is 0 Å². The van der Waals surface area contributed by atoms with Gasteiger partial charge in [0.1, 0.15) is 5.82 Å². The first kappa shape index (κ1) is 13.3. The minimum Gasteiger partial charge on any atom is -0.481 e. The zero-order valence-electron chi connectivity index (χ0n) is 10.5. The van der Waals surface area contributed by atoms with Gasteiger partial charge in [0.2, 0.25) is 0 Å². The first-order valence-corrected chi connectivity index (χ1v) is 6.32. The van der Waals surface area contributed by atoms with Crippen molar-refractivity contribution >= 4 is 17.7 Å². The van der Waals surface area contributed by atoms with Gasteiger partial charge in [-0.25, -0.2) is 4.98 Å². The van der Waals surface area contributed by atoms with Gasteiger partial charge in [0, 0.05) is 12.2 Å². The highest BCUT2D eigenvalue weighted by Crippen LogP contribution is 2.27. The fourth-order valence-electron chi connectivity index (χ4n) is 2.46. The average molecular weight is 263 g/mol. The summed E-state index contributed by atoms with van der Waals surface area (Å²) in [6, 6.07) is 3.27. The minimum atomic E-state index is -0.761. The molecule has 2 atom stereocenters. The summed E-state index contributed by atoms with van der Waals surface area (Å²) < 4.78 is 0. The van der Waals surface area contributed by atoms with Gasteiger partial charge in [0.05, 0.1) is 11.5 Å². The number of anilines is 1. The summed E-state index contributed by atoms with van der Waals surface area (Å²) in [5.74, 6) is -1.19. The normalized spacial score (nSPS) is 22.7. The molecule has 1 amide bonds. The van der Waals surface area contributed by atoms with E-state index in [4.69, 9.17) is 10.8 Å². The van der Waals surface area contributed by atoms with Crippen LogP contribution in [0, 0.1) is 5.92 Å². The number of aromatic nitrogens is 1. The van der Waals surface area contributed by atoms with Gasteiger partial charge in [-0.15, -0.1) is 0 Å². The van der Waals surface area contributed by atoms with Crippen LogP contribution in [0.3, 0.4) is 0 Å². The third-order valence-corrected chi connectivity index (χ3v) is 3.44. The number of hydrogen-bond acceptors (Lipinski definition) is 4. The van der Waals surface area contributed by atoms with Gasteiger partial charge >= 0.3 is 5.97 Å². The van der Waals surface area contributed by atoms with Crippen molar-refractivity contribution in [2.45, 2.75) is 31.7 Å². The number of amides is 1. The van der Waals surface area contributed by atoms with Crippen LogP contribution >= 0.6 is 0 Å². The van der Waals surface area contributed by atoms with Crippen molar-refractivity contribution in [3.05, 3.63) is 23.9 Å². The molecule has 1 heterocycles. The van der Waals surface area contributed by atoms with Crippen molar-refractivity contribution in [1.82, 2.24) is 4.98 Å². The zero-order valence-corrected chi connectivity index (χ0v) is 10.5. The van der Waals surface area contributed by atoms with E-state index in [0.29, 0.717) is 24.2 Å². The van der Waals surface area contributed by atoms with E-state index in [-0.39, 0.29) is 12.0 Å². The Hall–Kier alpha value is -2.11. The van der Waals surface area contributed by atoms with Gasteiger partial charge in [0.25, 0.3) is 5.91 Å². The summed E-state index contributed by atoms with van der Waals surface area (Å²) >= 11 is 0. The molecule has 6 nitrogen and oxygen atoms in total. The molecule has 102 valence electrons. The van der Waals surface area contributed by atoms with E-state index in [9.17, 15) is 9.59 Å². The Labute approximate surface area is 111 Å². The smallest absolute Gasteiger partial charge is 0.306 e. The van der Waals surface area contributed by atoms with Crippen LogP contribution in [-0.2, 0) is 4.79 Å². The highest BCUT2D eigenvalue weighted by Gasteiger charge is 2.27. The first-order chi connectivity index (χ1) is 9.08. The van der Waals surface area contributed by atoms with Crippen molar-refractivity contribution in [1.29, 1.82) is 0 Å². The molecule has 19 heavy (non-hydrogen) atoms. The Morgan fingerprint density at radius 1 is 1.42 bits per heavy atom. The number of rotatable bonds is 4. The molecule has 0 aromatic carbocycles. The molecule has 1 aromatic rings. The fourth-order valence-corrected chi connectivity index (χ4v) is 2.46. The summed E-state index contributed by atoms with van der Waals surface area (Å²) in [7, 11) is 0. The molecule has 0 aliphatic heterocycles. The number of carboxylic acids is 1. The Balaban J connectivity index is 2.09. The molecule has 4 N–H and O–H groups in total. The molecule has 6 heteroatoms. The molecular weight excluding hydrogens is 246 g/mol. The van der Waals surface area contributed by atoms with Gasteiger partial charge < -0.3 is 16.2 Å². The monoisotopic (exact) mass is 263 g/mol. The van der Waals surface area contributed by atoms with Crippen LogP contribution < -0.4 is 11.1 Å². The van der Waals surface area contributed by atoms with Gasteiger partial charge in [-0.1, -0.05) is 6.42 Å². The predicted octanol–water partition coefficient (Wildman–Crippen LogP) is 1.24. The summed E-state index contributed by atoms with van der Waals surface area (Å²) in [6.07, 6.45) is 4.56. The molecule has 2 rings (SSSR count). The van der Waals surface area contributed by atoms with E-state index < -0.39 is 11.9 Å². The van der Waals surface area contributed by atoms with Gasteiger partial charge in [-0.2, -0.15) is 0 Å². The molecule has 0 saturated heterocycles. The van der Waals surface area contributed by atoms with E-state index >= 15 is 0 Å². The summed E-state index contributed by atoms with van der Waals surface area (Å²) in [5.41, 5.74) is 5.62. The number of aliphatic carboxylic acids is 1. The molecule has 0 spiro atoms. The number of carbonyl (C=O) groups is 2. The number of hydrogen-bond donors (Lipinski definition) is 3. The number of nitrogens with one attached hydrogen (secondary N) is 1. The van der Waals surface area contributed by atoms with E-state index in [1.165, 1.54) is 0 Å². The summed E-state index contributed by atoms with van der Waals surface area (Å²) in [5, 5.41) is 12.2. The second-order valence-electron chi connectivity index (χ2n) is 4.81. The van der Waals surface area contributed by atoms with Gasteiger partial charge in [0.15, 0.2) is 0 Å². The largest absolute Gasteiger partial charge is 0.481 e. The van der Waals surface area contributed by atoms with Gasteiger partial charge in [-0.3, -0.25) is 9.59 Å². The molecule has 0 bridgehead atoms. The quantitative estimate of drug-likeness (QED) is 0.757. The maximum atomic E-state index is 11.3. The van der Waals surface area contributed by atoms with E-state index in [1.54, 1.807) is 18.3 Å². The van der Waals surface area contributed by atoms with E-state index in [0.717, 1.165) is 12.8 Å². The average Bonchev–Trinajstić information content (AvgIpc) is 2.39. The maximum absolute atomic E-state index is 11.3. The topological polar surface area (TPSA) is 105 Å². The lowest BCUT2D eigenvalue weighted by Gasteiger charge is -2.28. The molecule has 0 radical (unpaired) electrons. The Morgan fingerprint density at radius 3 is 2.89 bits per heavy atom. The second kappa shape index (κ2) is 5.69. The number of carbonyl (C=O) groups excluding carboxylic acids is 1. The molecule has 1 aliphatic carbocycles. The van der Waals surface area contributed by atoms with Crippen LogP contribution in [-0.4, -0.2) is 28.0 Å². The molecule has 1 saturated carbocycles. The lowest BCUT2D eigenvalue weighted by atomic mass is 9.86. The van der Waals surface area contributed by atoms with Crippen molar-refractivity contribution in [3.63, 3.8) is 0 Å². The van der Waals surface area contributed by atoms with Gasteiger partial charge in [-0.05, 0) is 31.4 Å². The summed E-state index contributed by atoms with van der Waals surface area (Å²) in [6.45, 7) is 0. The molecule has 1 fully saturated rings. The van der Waals surface area contributed by atoms with E-state index in [2.05, 4.69) is 10.3 Å². The molecule has 1 aromatic heterocycles. The fraction of sp³-hybridized carbons (Fsp3) is 0.462. The number of carboxylic acid groups (broad SMARTS) is 1. The lowest BCUT2D eigenvalue weighted by molar-refractivity contribution is -0.142. The van der Waals surface area contributed by atoms with Crippen LogP contribution in [0.4, 0.5) is 5.82 Å². The predicted molar refractivity (Wildman–Crippen MR) is 69.8 cm³/mol. The maximum Gasteiger partial charge on any atom is 0.306 e. The molecule has 1 aliphatic rings. The van der Waals surface area contributed by atoms with Crippen LogP contribution in [0.2, 0.25) is 0 Å². The Bertz CT molecular complexity index is 490. The van der Waals surface area contributed by atoms with Crippen LogP contribution in [0.5, 0.6) is 0 Å². The van der Waals surface area contributed by atoms with Crippen LogP contribution in [0.1, 0.15) is 36.0 Å². The number of nitrogens with two attached hydrogens (primary N) is 1. The Kier molecular flexibility index (Phi) is 3.99. The molecular formula is C13H17N3O3. The third kappa shape index (κ3) is 3.21. The minimum absolute atomic E-state index is 0.0165. The van der Waals surface area contributed by atoms with Crippen LogP contribution in [0.15, 0.2) is 18.3 Å². The zero-order chi connectivity index (χ0) is 13.8. The van der Waals surface area contributed by atoms with E-state index in [1.807, 2.05) is 0 Å². The highest BCUT2D eigenvalue weighted by molar-refractivity contribution is 5.97. The number of pyridine rings is 1. The summed E-state index contributed by atoms with van der Waals surface area (Å²) in [4.78, 5) is 26.4. The van der Waals surface area contributed by atoms with Crippen molar-refractivity contribution in [2.24, 2.45) is 11.7 Å². The van der Waals surface area contributed by atoms with Crippen molar-refractivity contribution < 1.29 is 14.7 Å². The standard InChI is InChI=1S/C13H17N3O3/c14-11(17)10-5-2-6-15-12(10)16-9-4-1-3-8(7-9)13(18)19/h2,5-6,8-9H,1,3-4,7H2,(H2,14,17)(H,15,16)(H,18,19). The Morgan fingerprint density at radius 2 is 2.21 bits per heavy atom. The number of primary amides is 1.